The van der Waals surface area contributed by atoms with Crippen molar-refractivity contribution >= 4 is 0 Å². The van der Waals surface area contributed by atoms with E-state index in [2.05, 4.69) is 37.9 Å². The molecule has 1 saturated heterocycles. The summed E-state index contributed by atoms with van der Waals surface area (Å²) >= 11 is 0. The fourth-order valence-electron chi connectivity index (χ4n) is 3.05. The zero-order valence-electron chi connectivity index (χ0n) is 13.0. The first kappa shape index (κ1) is 16.0. The van der Waals surface area contributed by atoms with E-state index in [-0.39, 0.29) is 0 Å². The van der Waals surface area contributed by atoms with Crippen LogP contribution in [0, 0.1) is 5.92 Å². The molecular weight excluding hydrogens is 220 g/mol. The van der Waals surface area contributed by atoms with Crippen LogP contribution in [0.15, 0.2) is 0 Å². The molecule has 0 bridgehead atoms. The van der Waals surface area contributed by atoms with Crippen molar-refractivity contribution in [3.8, 4) is 0 Å². The summed E-state index contributed by atoms with van der Waals surface area (Å²) in [5.41, 5.74) is 0. The van der Waals surface area contributed by atoms with E-state index in [0.717, 1.165) is 18.5 Å². The summed E-state index contributed by atoms with van der Waals surface area (Å²) in [6, 6.07) is 1.52. The van der Waals surface area contributed by atoms with Crippen LogP contribution in [0.5, 0.6) is 0 Å². The average molecular weight is 254 g/mol. The molecule has 1 N–H and O–H groups in total. The minimum Gasteiger partial charge on any atom is -0.312 e. The van der Waals surface area contributed by atoms with Crippen LogP contribution >= 0.6 is 0 Å². The van der Waals surface area contributed by atoms with Crippen LogP contribution in [-0.2, 0) is 0 Å². The molecule has 0 amide bonds. The van der Waals surface area contributed by atoms with Crippen molar-refractivity contribution in [1.82, 2.24) is 10.2 Å². The van der Waals surface area contributed by atoms with Crippen molar-refractivity contribution in [2.24, 2.45) is 5.92 Å². The topological polar surface area (TPSA) is 15.3 Å². The quantitative estimate of drug-likeness (QED) is 0.711. The third kappa shape index (κ3) is 5.27. The summed E-state index contributed by atoms with van der Waals surface area (Å²) in [5.74, 6) is 0.737. The molecule has 0 aromatic carbocycles. The van der Waals surface area contributed by atoms with Crippen LogP contribution in [0.3, 0.4) is 0 Å². The van der Waals surface area contributed by atoms with Crippen molar-refractivity contribution in [1.29, 1.82) is 0 Å². The highest BCUT2D eigenvalue weighted by Crippen LogP contribution is 2.21. The van der Waals surface area contributed by atoms with Gasteiger partial charge in [0.15, 0.2) is 0 Å². The Kier molecular flexibility index (Phi) is 7.92. The fourth-order valence-corrected chi connectivity index (χ4v) is 3.05. The van der Waals surface area contributed by atoms with Gasteiger partial charge in [-0.3, -0.25) is 4.90 Å². The molecular formula is C16H34N2. The molecule has 0 radical (unpaired) electrons. The van der Waals surface area contributed by atoms with Gasteiger partial charge in [0.1, 0.15) is 0 Å². The molecule has 2 atom stereocenters. The Hall–Kier alpha value is -0.0800. The highest BCUT2D eigenvalue weighted by molar-refractivity contribution is 4.82. The first-order chi connectivity index (χ1) is 8.69. The monoisotopic (exact) mass is 254 g/mol. The van der Waals surface area contributed by atoms with Gasteiger partial charge in [-0.1, -0.05) is 40.5 Å². The Morgan fingerprint density at radius 3 is 2.56 bits per heavy atom. The van der Waals surface area contributed by atoms with Gasteiger partial charge in [0.25, 0.3) is 0 Å². The smallest absolute Gasteiger partial charge is 0.0218 e. The second kappa shape index (κ2) is 8.92. The van der Waals surface area contributed by atoms with Crippen molar-refractivity contribution in [3.05, 3.63) is 0 Å². The number of hydrogen-bond acceptors (Lipinski definition) is 2. The summed E-state index contributed by atoms with van der Waals surface area (Å²) in [5, 5.41) is 3.74. The third-order valence-electron chi connectivity index (χ3n) is 4.26. The fraction of sp³-hybridized carbons (Fsp3) is 1.00. The molecule has 108 valence electrons. The molecule has 0 aromatic heterocycles. The molecule has 1 fully saturated rings. The maximum absolute atomic E-state index is 3.74. The highest BCUT2D eigenvalue weighted by atomic mass is 15.2. The van der Waals surface area contributed by atoms with E-state index in [1.54, 1.807) is 0 Å². The molecule has 0 spiro atoms. The molecule has 2 unspecified atom stereocenters. The molecule has 0 aliphatic carbocycles. The van der Waals surface area contributed by atoms with Crippen LogP contribution in [0.2, 0.25) is 0 Å². The van der Waals surface area contributed by atoms with Crippen LogP contribution in [0.1, 0.15) is 66.2 Å². The summed E-state index contributed by atoms with van der Waals surface area (Å²) in [6.45, 7) is 13.0. The molecule has 2 heteroatoms. The molecule has 0 saturated carbocycles. The zero-order valence-corrected chi connectivity index (χ0v) is 13.0. The second-order valence-corrected chi connectivity index (χ2v) is 6.24. The van der Waals surface area contributed by atoms with Gasteiger partial charge in [0.2, 0.25) is 0 Å². The van der Waals surface area contributed by atoms with E-state index in [1.165, 1.54) is 51.6 Å². The number of nitrogens with zero attached hydrogens (tertiary/aromatic N) is 1. The number of hydrogen-bond donors (Lipinski definition) is 1. The van der Waals surface area contributed by atoms with E-state index >= 15 is 0 Å². The van der Waals surface area contributed by atoms with Crippen LogP contribution in [0.4, 0.5) is 0 Å². The molecule has 1 aliphatic heterocycles. The maximum Gasteiger partial charge on any atom is 0.0218 e. The maximum atomic E-state index is 3.74. The summed E-state index contributed by atoms with van der Waals surface area (Å²) in [6.07, 6.45) is 8.22. The Morgan fingerprint density at radius 2 is 1.94 bits per heavy atom. The van der Waals surface area contributed by atoms with E-state index in [4.69, 9.17) is 0 Å². The lowest BCUT2D eigenvalue weighted by atomic mass is 9.95. The average Bonchev–Trinajstić information content (AvgIpc) is 2.36. The lowest BCUT2D eigenvalue weighted by Gasteiger charge is -2.39. The van der Waals surface area contributed by atoms with Gasteiger partial charge in [-0.2, -0.15) is 0 Å². The van der Waals surface area contributed by atoms with Crippen LogP contribution in [0.25, 0.3) is 0 Å². The summed E-state index contributed by atoms with van der Waals surface area (Å²) in [4.78, 5) is 2.76. The summed E-state index contributed by atoms with van der Waals surface area (Å²) < 4.78 is 0. The van der Waals surface area contributed by atoms with Crippen LogP contribution in [-0.4, -0.2) is 36.6 Å². The minimum atomic E-state index is 0.669. The van der Waals surface area contributed by atoms with Gasteiger partial charge < -0.3 is 5.32 Å². The van der Waals surface area contributed by atoms with Gasteiger partial charge in [-0.15, -0.1) is 0 Å². The van der Waals surface area contributed by atoms with Gasteiger partial charge in [0.05, 0.1) is 0 Å². The van der Waals surface area contributed by atoms with Gasteiger partial charge in [-0.25, -0.2) is 0 Å². The van der Waals surface area contributed by atoms with E-state index in [0.29, 0.717) is 6.04 Å². The Labute approximate surface area is 115 Å². The largest absolute Gasteiger partial charge is 0.312 e. The lowest BCUT2D eigenvalue weighted by molar-refractivity contribution is 0.116. The molecule has 2 nitrogen and oxygen atoms in total. The van der Waals surface area contributed by atoms with E-state index in [1.807, 2.05) is 0 Å². The number of nitrogens with one attached hydrogen (secondary N) is 1. The number of piperidine rings is 1. The van der Waals surface area contributed by atoms with E-state index in [9.17, 15) is 0 Å². The minimum absolute atomic E-state index is 0.669. The van der Waals surface area contributed by atoms with E-state index < -0.39 is 0 Å². The van der Waals surface area contributed by atoms with Gasteiger partial charge in [0, 0.05) is 18.6 Å². The van der Waals surface area contributed by atoms with Crippen LogP contribution < -0.4 is 5.32 Å². The molecule has 1 rings (SSSR count). The predicted octanol–water partition coefficient (Wildman–Crippen LogP) is 3.67. The van der Waals surface area contributed by atoms with Gasteiger partial charge >= 0.3 is 0 Å². The Balaban J connectivity index is 2.48. The lowest BCUT2D eigenvalue weighted by Crippen LogP contribution is -2.49. The molecule has 1 aliphatic rings. The first-order valence-electron chi connectivity index (χ1n) is 8.16. The first-order valence-corrected chi connectivity index (χ1v) is 8.16. The standard InChI is InChI=1S/C16H34N2/c1-5-9-15-10-7-8-12-18(15)13-16(14(3)4)17-11-6-2/h14-17H,5-13H2,1-4H3. The van der Waals surface area contributed by atoms with Crippen molar-refractivity contribution < 1.29 is 0 Å². The van der Waals surface area contributed by atoms with Crippen molar-refractivity contribution in [3.63, 3.8) is 0 Å². The van der Waals surface area contributed by atoms with Crippen molar-refractivity contribution in [2.75, 3.05) is 19.6 Å². The van der Waals surface area contributed by atoms with Gasteiger partial charge in [-0.05, 0) is 44.7 Å². The number of likely N-dealkylation sites (tertiary alicyclic amines) is 1. The zero-order chi connectivity index (χ0) is 13.4. The predicted molar refractivity (Wildman–Crippen MR) is 81.0 cm³/mol. The summed E-state index contributed by atoms with van der Waals surface area (Å²) in [7, 11) is 0. The second-order valence-electron chi connectivity index (χ2n) is 6.24. The molecule has 1 heterocycles. The molecule has 18 heavy (non-hydrogen) atoms. The number of rotatable bonds is 8. The SMILES string of the molecule is CCCNC(CN1CCCCC1CCC)C(C)C. The third-order valence-corrected chi connectivity index (χ3v) is 4.26. The highest BCUT2D eigenvalue weighted by Gasteiger charge is 2.25. The Bertz CT molecular complexity index is 201. The molecule has 0 aromatic rings. The Morgan fingerprint density at radius 1 is 1.17 bits per heavy atom. The normalized spacial score (nSPS) is 23.5. The van der Waals surface area contributed by atoms with Crippen molar-refractivity contribution in [2.45, 2.75) is 78.3 Å².